The summed E-state index contributed by atoms with van der Waals surface area (Å²) < 4.78 is 13.1. The van der Waals surface area contributed by atoms with Crippen LogP contribution < -0.4 is 10.6 Å². The van der Waals surface area contributed by atoms with E-state index in [9.17, 15) is 4.39 Å². The van der Waals surface area contributed by atoms with Gasteiger partial charge in [-0.3, -0.25) is 4.98 Å². The predicted molar refractivity (Wildman–Crippen MR) is 67.2 cm³/mol. The van der Waals surface area contributed by atoms with Gasteiger partial charge in [0.2, 0.25) is 0 Å². The standard InChI is InChI=1S/C13H14FN3/c1-17(9-11-4-2-3-7-16-11)13-8-10(14)5-6-12(13)15/h2-8H,9,15H2,1H3. The van der Waals surface area contributed by atoms with E-state index >= 15 is 0 Å². The van der Waals surface area contributed by atoms with Crippen LogP contribution in [-0.2, 0) is 6.54 Å². The van der Waals surface area contributed by atoms with E-state index in [0.717, 1.165) is 5.69 Å². The molecule has 88 valence electrons. The molecule has 1 aromatic carbocycles. The minimum atomic E-state index is -0.290. The molecule has 2 rings (SSSR count). The van der Waals surface area contributed by atoms with Gasteiger partial charge < -0.3 is 10.6 Å². The van der Waals surface area contributed by atoms with Crippen LogP contribution in [0.2, 0.25) is 0 Å². The Morgan fingerprint density at radius 3 is 2.82 bits per heavy atom. The molecule has 0 saturated heterocycles. The van der Waals surface area contributed by atoms with Gasteiger partial charge >= 0.3 is 0 Å². The van der Waals surface area contributed by atoms with Crippen molar-refractivity contribution in [3.8, 4) is 0 Å². The second kappa shape index (κ2) is 4.82. The van der Waals surface area contributed by atoms with Crippen LogP contribution in [0.1, 0.15) is 5.69 Å². The van der Waals surface area contributed by atoms with Gasteiger partial charge in [-0.1, -0.05) is 6.07 Å². The molecule has 0 spiro atoms. The fraction of sp³-hybridized carbons (Fsp3) is 0.154. The Morgan fingerprint density at radius 1 is 1.29 bits per heavy atom. The Morgan fingerprint density at radius 2 is 2.12 bits per heavy atom. The summed E-state index contributed by atoms with van der Waals surface area (Å²) >= 11 is 0. The summed E-state index contributed by atoms with van der Waals surface area (Å²) in [5.74, 6) is -0.290. The Labute approximate surface area is 99.7 Å². The third-order valence-corrected chi connectivity index (χ3v) is 2.53. The van der Waals surface area contributed by atoms with E-state index < -0.39 is 0 Å². The molecule has 0 saturated carbocycles. The van der Waals surface area contributed by atoms with Crippen molar-refractivity contribution in [3.63, 3.8) is 0 Å². The van der Waals surface area contributed by atoms with Crippen molar-refractivity contribution < 1.29 is 4.39 Å². The average Bonchev–Trinajstić information content (AvgIpc) is 2.33. The molecular formula is C13H14FN3. The van der Waals surface area contributed by atoms with Gasteiger partial charge in [-0.15, -0.1) is 0 Å². The van der Waals surface area contributed by atoms with Crippen LogP contribution in [0.15, 0.2) is 42.6 Å². The molecule has 0 aliphatic carbocycles. The normalized spacial score (nSPS) is 10.2. The molecule has 1 heterocycles. The molecular weight excluding hydrogens is 217 g/mol. The van der Waals surface area contributed by atoms with Crippen LogP contribution in [0, 0.1) is 5.82 Å². The lowest BCUT2D eigenvalue weighted by molar-refractivity contribution is 0.627. The fourth-order valence-corrected chi connectivity index (χ4v) is 1.67. The first-order chi connectivity index (χ1) is 8.16. The van der Waals surface area contributed by atoms with Crippen molar-refractivity contribution in [2.75, 3.05) is 17.7 Å². The summed E-state index contributed by atoms with van der Waals surface area (Å²) in [4.78, 5) is 6.10. The molecule has 0 unspecified atom stereocenters. The molecule has 0 aliphatic heterocycles. The van der Waals surface area contributed by atoms with Gasteiger partial charge in [-0.2, -0.15) is 0 Å². The van der Waals surface area contributed by atoms with E-state index in [1.54, 1.807) is 12.3 Å². The number of anilines is 2. The molecule has 0 bridgehead atoms. The third-order valence-electron chi connectivity index (χ3n) is 2.53. The maximum absolute atomic E-state index is 13.1. The number of nitrogen functional groups attached to an aromatic ring is 1. The largest absolute Gasteiger partial charge is 0.397 e. The van der Waals surface area contributed by atoms with Gasteiger partial charge in [0.05, 0.1) is 23.6 Å². The number of nitrogens with zero attached hydrogens (tertiary/aromatic N) is 2. The second-order valence-electron chi connectivity index (χ2n) is 3.88. The van der Waals surface area contributed by atoms with Crippen LogP contribution in [0.3, 0.4) is 0 Å². The highest BCUT2D eigenvalue weighted by Crippen LogP contribution is 2.23. The number of benzene rings is 1. The summed E-state index contributed by atoms with van der Waals surface area (Å²) in [6.45, 7) is 0.592. The smallest absolute Gasteiger partial charge is 0.125 e. The van der Waals surface area contributed by atoms with Crippen LogP contribution in [-0.4, -0.2) is 12.0 Å². The number of nitrogens with two attached hydrogens (primary N) is 1. The van der Waals surface area contributed by atoms with E-state index in [1.807, 2.05) is 30.1 Å². The van der Waals surface area contributed by atoms with Crippen molar-refractivity contribution in [2.45, 2.75) is 6.54 Å². The van der Waals surface area contributed by atoms with E-state index in [0.29, 0.717) is 17.9 Å². The number of pyridine rings is 1. The van der Waals surface area contributed by atoms with Crippen molar-refractivity contribution in [1.29, 1.82) is 0 Å². The van der Waals surface area contributed by atoms with E-state index in [4.69, 9.17) is 5.73 Å². The highest BCUT2D eigenvalue weighted by Gasteiger charge is 2.07. The van der Waals surface area contributed by atoms with Gasteiger partial charge in [0.1, 0.15) is 5.82 Å². The molecule has 0 amide bonds. The molecule has 1 aromatic heterocycles. The predicted octanol–water partition coefficient (Wildman–Crippen LogP) is 2.44. The molecule has 0 radical (unpaired) electrons. The Kier molecular flexibility index (Phi) is 3.23. The van der Waals surface area contributed by atoms with Crippen molar-refractivity contribution >= 4 is 11.4 Å². The van der Waals surface area contributed by atoms with Crippen LogP contribution in [0.25, 0.3) is 0 Å². The maximum atomic E-state index is 13.1. The van der Waals surface area contributed by atoms with Crippen LogP contribution >= 0.6 is 0 Å². The summed E-state index contributed by atoms with van der Waals surface area (Å²) in [6, 6.07) is 10.1. The minimum Gasteiger partial charge on any atom is -0.397 e. The van der Waals surface area contributed by atoms with Gasteiger partial charge in [-0.25, -0.2) is 4.39 Å². The zero-order valence-corrected chi connectivity index (χ0v) is 9.60. The number of halogens is 1. The van der Waals surface area contributed by atoms with Gasteiger partial charge in [0.25, 0.3) is 0 Å². The summed E-state index contributed by atoms with van der Waals surface area (Å²) in [7, 11) is 1.86. The summed E-state index contributed by atoms with van der Waals surface area (Å²) in [5.41, 5.74) is 7.97. The maximum Gasteiger partial charge on any atom is 0.125 e. The van der Waals surface area contributed by atoms with Crippen molar-refractivity contribution in [3.05, 3.63) is 54.1 Å². The van der Waals surface area contributed by atoms with E-state index in [-0.39, 0.29) is 5.82 Å². The zero-order chi connectivity index (χ0) is 12.3. The zero-order valence-electron chi connectivity index (χ0n) is 9.60. The Balaban J connectivity index is 2.20. The lowest BCUT2D eigenvalue weighted by Crippen LogP contribution is -2.18. The van der Waals surface area contributed by atoms with Crippen LogP contribution in [0.5, 0.6) is 0 Å². The minimum absolute atomic E-state index is 0.290. The topological polar surface area (TPSA) is 42.2 Å². The molecule has 17 heavy (non-hydrogen) atoms. The first-order valence-electron chi connectivity index (χ1n) is 5.33. The fourth-order valence-electron chi connectivity index (χ4n) is 1.67. The highest BCUT2D eigenvalue weighted by molar-refractivity contribution is 5.67. The Hall–Kier alpha value is -2.10. The summed E-state index contributed by atoms with van der Waals surface area (Å²) in [6.07, 6.45) is 1.73. The van der Waals surface area contributed by atoms with E-state index in [2.05, 4.69) is 4.98 Å². The number of hydrogen-bond acceptors (Lipinski definition) is 3. The number of aromatic nitrogens is 1. The molecule has 0 fully saturated rings. The highest BCUT2D eigenvalue weighted by atomic mass is 19.1. The third kappa shape index (κ3) is 2.72. The van der Waals surface area contributed by atoms with Gasteiger partial charge in [0, 0.05) is 13.2 Å². The van der Waals surface area contributed by atoms with Crippen molar-refractivity contribution in [1.82, 2.24) is 4.98 Å². The van der Waals surface area contributed by atoms with Gasteiger partial charge in [0.15, 0.2) is 0 Å². The van der Waals surface area contributed by atoms with Gasteiger partial charge in [-0.05, 0) is 30.3 Å². The quantitative estimate of drug-likeness (QED) is 0.825. The monoisotopic (exact) mass is 231 g/mol. The second-order valence-corrected chi connectivity index (χ2v) is 3.88. The first kappa shape index (κ1) is 11.4. The lowest BCUT2D eigenvalue weighted by atomic mass is 10.2. The molecule has 3 nitrogen and oxygen atoms in total. The molecule has 2 N–H and O–H groups in total. The SMILES string of the molecule is CN(Cc1ccccn1)c1cc(F)ccc1N. The van der Waals surface area contributed by atoms with E-state index in [1.165, 1.54) is 12.1 Å². The first-order valence-corrected chi connectivity index (χ1v) is 5.33. The van der Waals surface area contributed by atoms with Crippen LogP contribution in [0.4, 0.5) is 15.8 Å². The number of rotatable bonds is 3. The average molecular weight is 231 g/mol. The molecule has 0 atom stereocenters. The van der Waals surface area contributed by atoms with Crippen molar-refractivity contribution in [2.24, 2.45) is 0 Å². The number of hydrogen-bond donors (Lipinski definition) is 1. The molecule has 4 heteroatoms. The summed E-state index contributed by atoms with van der Waals surface area (Å²) in [5, 5.41) is 0. The lowest BCUT2D eigenvalue weighted by Gasteiger charge is -2.20. The molecule has 2 aromatic rings. The Bertz CT molecular complexity index is 499. The molecule has 0 aliphatic rings.